The van der Waals surface area contributed by atoms with Crippen molar-refractivity contribution in [3.05, 3.63) is 77.3 Å². The topological polar surface area (TPSA) is 67.6 Å². The van der Waals surface area contributed by atoms with Crippen molar-refractivity contribution in [3.8, 4) is 11.3 Å². The molecular weight excluding hydrogens is 434 g/mol. The summed E-state index contributed by atoms with van der Waals surface area (Å²) in [5, 5.41) is 4.66. The van der Waals surface area contributed by atoms with Crippen molar-refractivity contribution >= 4 is 34.9 Å². The summed E-state index contributed by atoms with van der Waals surface area (Å²) < 4.78 is 11.0. The van der Waals surface area contributed by atoms with Gasteiger partial charge in [0.05, 0.1) is 18.8 Å². The number of nitrogens with one attached hydrogen (secondary N) is 1. The predicted molar refractivity (Wildman–Crippen MR) is 123 cm³/mol. The van der Waals surface area contributed by atoms with Gasteiger partial charge >= 0.3 is 5.97 Å². The molecule has 1 N–H and O–H groups in total. The smallest absolute Gasteiger partial charge is 0.305 e. The van der Waals surface area contributed by atoms with Crippen LogP contribution < -0.4 is 5.32 Å². The van der Waals surface area contributed by atoms with Crippen LogP contribution in [0.3, 0.4) is 0 Å². The second-order valence-corrected chi connectivity index (χ2v) is 8.03. The minimum atomic E-state index is -0.237. The van der Waals surface area contributed by atoms with Gasteiger partial charge < -0.3 is 19.4 Å². The van der Waals surface area contributed by atoms with Gasteiger partial charge in [-0.15, -0.1) is 0 Å². The summed E-state index contributed by atoms with van der Waals surface area (Å²) in [5.41, 5.74) is 1.81. The summed E-state index contributed by atoms with van der Waals surface area (Å²) in [7, 11) is 1.39. The zero-order chi connectivity index (χ0) is 21.8. The molecule has 1 aliphatic heterocycles. The molecule has 160 valence electrons. The normalized spacial score (nSPS) is 18.1. The third-order valence-electron chi connectivity index (χ3n) is 5.25. The lowest BCUT2D eigenvalue weighted by molar-refractivity contribution is -0.140. The highest BCUT2D eigenvalue weighted by atomic mass is 35.5. The first-order valence-electron chi connectivity index (χ1n) is 9.97. The molecule has 6 nitrogen and oxygen atoms in total. The number of methoxy groups -OCH3 is 1. The van der Waals surface area contributed by atoms with E-state index in [1.165, 1.54) is 7.11 Å². The molecule has 31 heavy (non-hydrogen) atoms. The molecule has 0 radical (unpaired) electrons. The maximum atomic E-state index is 11.6. The van der Waals surface area contributed by atoms with Crippen LogP contribution >= 0.6 is 23.8 Å². The van der Waals surface area contributed by atoms with Crippen LogP contribution in [0.15, 0.2) is 65.2 Å². The number of esters is 1. The average Bonchev–Trinajstić information content (AvgIpc) is 3.39. The highest BCUT2D eigenvalue weighted by Crippen LogP contribution is 2.40. The molecule has 2 aromatic heterocycles. The number of halogens is 1. The van der Waals surface area contributed by atoms with Gasteiger partial charge in [0.1, 0.15) is 17.6 Å². The second kappa shape index (κ2) is 9.49. The third-order valence-corrected chi connectivity index (χ3v) is 5.86. The van der Waals surface area contributed by atoms with Crippen LogP contribution in [0.25, 0.3) is 11.3 Å². The van der Waals surface area contributed by atoms with Crippen molar-refractivity contribution in [2.45, 2.75) is 24.9 Å². The van der Waals surface area contributed by atoms with Crippen molar-refractivity contribution < 1.29 is 13.9 Å². The number of carbonyl (C=O) groups is 1. The molecule has 0 bridgehead atoms. The van der Waals surface area contributed by atoms with E-state index in [1.807, 2.05) is 54.6 Å². The van der Waals surface area contributed by atoms with E-state index in [2.05, 4.69) is 15.2 Å². The molecular formula is C23H22ClN3O3S. The minimum absolute atomic E-state index is 0.170. The van der Waals surface area contributed by atoms with E-state index in [1.54, 1.807) is 6.20 Å². The molecule has 0 unspecified atom stereocenters. The van der Waals surface area contributed by atoms with Crippen molar-refractivity contribution in [1.29, 1.82) is 0 Å². The second-order valence-electron chi connectivity index (χ2n) is 7.21. The number of thiocarbonyl (C=S) groups is 1. The SMILES string of the molecule is COC(=O)CCCN1C(=S)N[C@H](c2ccccn2)[C@@H]1c1ccc(-c2ccc(Cl)cc2)o1. The fourth-order valence-corrected chi connectivity index (χ4v) is 4.19. The van der Waals surface area contributed by atoms with E-state index in [4.69, 9.17) is 33.0 Å². The van der Waals surface area contributed by atoms with E-state index in [0.717, 1.165) is 22.8 Å². The Bertz CT molecular complexity index is 1060. The van der Waals surface area contributed by atoms with E-state index in [9.17, 15) is 4.79 Å². The number of aromatic nitrogens is 1. The maximum absolute atomic E-state index is 11.6. The third kappa shape index (κ3) is 4.73. The molecule has 8 heteroatoms. The number of furan rings is 1. The van der Waals surface area contributed by atoms with Crippen LogP contribution in [0.4, 0.5) is 0 Å². The molecule has 4 rings (SSSR count). The summed E-state index contributed by atoms with van der Waals surface area (Å²) >= 11 is 11.6. The first kappa shape index (κ1) is 21.3. The van der Waals surface area contributed by atoms with Gasteiger partial charge in [0.2, 0.25) is 0 Å². The highest BCUT2D eigenvalue weighted by molar-refractivity contribution is 7.80. The molecule has 2 atom stereocenters. The minimum Gasteiger partial charge on any atom is -0.469 e. The van der Waals surface area contributed by atoms with Crippen LogP contribution in [-0.2, 0) is 9.53 Å². The first-order chi connectivity index (χ1) is 15.1. The number of pyridine rings is 1. The molecule has 1 fully saturated rings. The summed E-state index contributed by atoms with van der Waals surface area (Å²) in [6, 6.07) is 16.9. The quantitative estimate of drug-likeness (QED) is 0.400. The molecule has 1 saturated heterocycles. The van der Waals surface area contributed by atoms with Gasteiger partial charge in [-0.1, -0.05) is 17.7 Å². The van der Waals surface area contributed by atoms with Crippen LogP contribution in [0, 0.1) is 0 Å². The number of benzene rings is 1. The van der Waals surface area contributed by atoms with Crippen molar-refractivity contribution in [1.82, 2.24) is 15.2 Å². The van der Waals surface area contributed by atoms with E-state index >= 15 is 0 Å². The summed E-state index contributed by atoms with van der Waals surface area (Å²) in [4.78, 5) is 18.1. The van der Waals surface area contributed by atoms with Gasteiger partial charge in [0.25, 0.3) is 0 Å². The Labute approximate surface area is 191 Å². The monoisotopic (exact) mass is 455 g/mol. The van der Waals surface area contributed by atoms with Crippen LogP contribution in [0.1, 0.15) is 36.4 Å². The Kier molecular flexibility index (Phi) is 6.53. The zero-order valence-electron chi connectivity index (χ0n) is 17.0. The molecule has 1 aliphatic rings. The highest BCUT2D eigenvalue weighted by Gasteiger charge is 2.41. The van der Waals surface area contributed by atoms with E-state index in [-0.39, 0.29) is 18.1 Å². The van der Waals surface area contributed by atoms with Gasteiger partial charge in [0, 0.05) is 29.7 Å². The first-order valence-corrected chi connectivity index (χ1v) is 10.8. The standard InChI is InChI=1S/C23H22ClN3O3S/c1-29-20(28)6-4-14-27-22(21(26-23(27)31)17-5-2-3-13-25-17)19-12-11-18(30-19)15-7-9-16(24)10-8-15/h2-3,5,7-13,21-22H,4,6,14H2,1H3,(H,26,31)/t21-,22+/m1/s1. The molecule has 3 heterocycles. The summed E-state index contributed by atoms with van der Waals surface area (Å²) in [6.45, 7) is 0.589. The molecule has 3 aromatic rings. The summed E-state index contributed by atoms with van der Waals surface area (Å²) in [6.07, 6.45) is 2.70. The van der Waals surface area contributed by atoms with E-state index in [0.29, 0.717) is 29.5 Å². The lowest BCUT2D eigenvalue weighted by Gasteiger charge is -2.25. The number of hydrogen-bond donors (Lipinski definition) is 1. The van der Waals surface area contributed by atoms with Gasteiger partial charge in [-0.25, -0.2) is 0 Å². The molecule has 1 aromatic carbocycles. The number of carbonyl (C=O) groups excluding carboxylic acids is 1. The van der Waals surface area contributed by atoms with Gasteiger partial charge in [-0.3, -0.25) is 9.78 Å². The van der Waals surface area contributed by atoms with E-state index < -0.39 is 0 Å². The predicted octanol–water partition coefficient (Wildman–Crippen LogP) is 4.92. The van der Waals surface area contributed by atoms with Crippen molar-refractivity contribution in [2.75, 3.05) is 13.7 Å². The molecule has 0 spiro atoms. The van der Waals surface area contributed by atoms with Crippen molar-refractivity contribution in [3.63, 3.8) is 0 Å². The number of rotatable bonds is 7. The fraction of sp³-hybridized carbons (Fsp3) is 0.261. The lowest BCUT2D eigenvalue weighted by atomic mass is 10.0. The largest absolute Gasteiger partial charge is 0.469 e. The van der Waals surface area contributed by atoms with Crippen LogP contribution in [-0.4, -0.2) is 34.6 Å². The Morgan fingerprint density at radius 3 is 2.74 bits per heavy atom. The Balaban J connectivity index is 1.64. The fourth-order valence-electron chi connectivity index (χ4n) is 3.73. The Hall–Kier alpha value is -2.90. The number of nitrogens with zero attached hydrogens (tertiary/aromatic N) is 2. The summed E-state index contributed by atoms with van der Waals surface area (Å²) in [5.74, 6) is 1.28. The molecule has 0 aliphatic carbocycles. The number of hydrogen-bond acceptors (Lipinski definition) is 5. The van der Waals surface area contributed by atoms with Crippen LogP contribution in [0.2, 0.25) is 5.02 Å². The molecule has 0 saturated carbocycles. The van der Waals surface area contributed by atoms with Gasteiger partial charge in [-0.2, -0.15) is 0 Å². The van der Waals surface area contributed by atoms with Gasteiger partial charge in [0.15, 0.2) is 5.11 Å². The molecule has 0 amide bonds. The number of ether oxygens (including phenoxy) is 1. The maximum Gasteiger partial charge on any atom is 0.305 e. The Morgan fingerprint density at radius 2 is 2.03 bits per heavy atom. The van der Waals surface area contributed by atoms with Gasteiger partial charge in [-0.05, 0) is 67.2 Å². The lowest BCUT2D eigenvalue weighted by Crippen LogP contribution is -2.30. The average molecular weight is 456 g/mol. The van der Waals surface area contributed by atoms with Crippen LogP contribution in [0.5, 0.6) is 0 Å². The zero-order valence-corrected chi connectivity index (χ0v) is 18.5. The Morgan fingerprint density at radius 1 is 1.23 bits per heavy atom. The van der Waals surface area contributed by atoms with Crippen molar-refractivity contribution in [2.24, 2.45) is 0 Å².